The van der Waals surface area contributed by atoms with Gasteiger partial charge in [0.05, 0.1) is 7.11 Å². The Kier molecular flexibility index (Phi) is 6.43. The van der Waals surface area contributed by atoms with Gasteiger partial charge in [-0.25, -0.2) is 0 Å². The minimum atomic E-state index is 0.723. The highest BCUT2D eigenvalue weighted by Crippen LogP contribution is 2.16. The van der Waals surface area contributed by atoms with E-state index in [1.54, 1.807) is 7.11 Å². The molecule has 0 bridgehead atoms. The first-order valence-corrected chi connectivity index (χ1v) is 7.63. The largest absolute Gasteiger partial charge is 0.497 e. The maximum atomic E-state index is 5.76. The summed E-state index contributed by atoms with van der Waals surface area (Å²) in [7, 11) is 1.67. The summed E-state index contributed by atoms with van der Waals surface area (Å²) in [5, 5.41) is 0. The van der Waals surface area contributed by atoms with Crippen molar-refractivity contribution in [2.24, 2.45) is 0 Å². The van der Waals surface area contributed by atoms with Crippen LogP contribution in [0.2, 0.25) is 0 Å². The molecule has 0 atom stereocenters. The lowest BCUT2D eigenvalue weighted by atomic mass is 10.3. The quantitative estimate of drug-likeness (QED) is 0.718. The Morgan fingerprint density at radius 2 is 1.50 bits per heavy atom. The van der Waals surface area contributed by atoms with Crippen LogP contribution in [-0.4, -0.2) is 68.7 Å². The molecule has 1 aliphatic rings. The van der Waals surface area contributed by atoms with E-state index in [2.05, 4.69) is 9.80 Å². The number of hydrogen-bond donors (Lipinski definition) is 0. The van der Waals surface area contributed by atoms with Gasteiger partial charge in [0.2, 0.25) is 0 Å². The highest BCUT2D eigenvalue weighted by atomic mass is 35.5. The molecule has 0 aromatic heterocycles. The van der Waals surface area contributed by atoms with Gasteiger partial charge < -0.3 is 9.47 Å². The van der Waals surface area contributed by atoms with E-state index in [9.17, 15) is 0 Å². The van der Waals surface area contributed by atoms with Gasteiger partial charge in [-0.1, -0.05) is 0 Å². The van der Waals surface area contributed by atoms with Crippen molar-refractivity contribution in [2.75, 3.05) is 58.9 Å². The Balaban J connectivity index is 1.63. The van der Waals surface area contributed by atoms with Crippen LogP contribution >= 0.6 is 11.6 Å². The summed E-state index contributed by atoms with van der Waals surface area (Å²) < 4.78 is 10.9. The number of piperazine rings is 1. The Morgan fingerprint density at radius 3 is 2.05 bits per heavy atom. The second-order valence-electron chi connectivity index (χ2n) is 4.90. The predicted molar refractivity (Wildman–Crippen MR) is 82.1 cm³/mol. The summed E-state index contributed by atoms with van der Waals surface area (Å²) in [5.41, 5.74) is 0. The highest BCUT2D eigenvalue weighted by Gasteiger charge is 2.15. The first-order chi connectivity index (χ1) is 9.81. The number of nitrogens with zero attached hydrogens (tertiary/aromatic N) is 2. The van der Waals surface area contributed by atoms with Gasteiger partial charge in [0.25, 0.3) is 0 Å². The first-order valence-electron chi connectivity index (χ1n) is 7.09. The Morgan fingerprint density at radius 1 is 0.950 bits per heavy atom. The molecule has 0 amide bonds. The van der Waals surface area contributed by atoms with Gasteiger partial charge in [0.1, 0.15) is 18.1 Å². The van der Waals surface area contributed by atoms with Crippen LogP contribution in [0.5, 0.6) is 11.5 Å². The third-order valence-electron chi connectivity index (χ3n) is 3.60. The zero-order valence-electron chi connectivity index (χ0n) is 12.1. The zero-order chi connectivity index (χ0) is 14.2. The third-order valence-corrected chi connectivity index (χ3v) is 3.77. The van der Waals surface area contributed by atoms with E-state index in [0.29, 0.717) is 0 Å². The van der Waals surface area contributed by atoms with Crippen LogP contribution in [0.3, 0.4) is 0 Å². The van der Waals surface area contributed by atoms with Gasteiger partial charge in [0.15, 0.2) is 0 Å². The van der Waals surface area contributed by atoms with E-state index in [1.807, 2.05) is 24.3 Å². The van der Waals surface area contributed by atoms with Gasteiger partial charge in [-0.15, -0.1) is 11.6 Å². The normalized spacial score (nSPS) is 17.1. The van der Waals surface area contributed by atoms with Gasteiger partial charge in [0, 0.05) is 45.1 Å². The van der Waals surface area contributed by atoms with Crippen molar-refractivity contribution in [1.29, 1.82) is 0 Å². The SMILES string of the molecule is COc1ccc(OCCN2CCN(CCCl)CC2)cc1. The van der Waals surface area contributed by atoms with Crippen LogP contribution in [0.25, 0.3) is 0 Å². The highest BCUT2D eigenvalue weighted by molar-refractivity contribution is 6.18. The van der Waals surface area contributed by atoms with E-state index in [0.717, 1.165) is 63.3 Å². The molecule has 1 aliphatic heterocycles. The molecule has 5 heteroatoms. The first kappa shape index (κ1) is 15.4. The number of benzene rings is 1. The van der Waals surface area contributed by atoms with Crippen LogP contribution in [0, 0.1) is 0 Å². The molecule has 1 fully saturated rings. The Labute approximate surface area is 126 Å². The molecule has 20 heavy (non-hydrogen) atoms. The lowest BCUT2D eigenvalue weighted by Gasteiger charge is -2.34. The molecule has 0 saturated carbocycles. The number of methoxy groups -OCH3 is 1. The lowest BCUT2D eigenvalue weighted by Crippen LogP contribution is -2.47. The molecule has 1 heterocycles. The summed E-state index contributed by atoms with van der Waals surface area (Å²) in [6.45, 7) is 7.11. The Hall–Kier alpha value is -0.970. The van der Waals surface area contributed by atoms with E-state index >= 15 is 0 Å². The number of ether oxygens (including phenoxy) is 2. The Bertz CT molecular complexity index is 378. The summed E-state index contributed by atoms with van der Waals surface area (Å²) >= 11 is 5.76. The standard InChI is InChI=1S/C15H23ClN2O2/c1-19-14-2-4-15(5-3-14)20-13-12-18-10-8-17(7-6-16)9-11-18/h2-5H,6-13H2,1H3. The molecular weight excluding hydrogens is 276 g/mol. The molecule has 1 aromatic rings. The molecule has 4 nitrogen and oxygen atoms in total. The summed E-state index contributed by atoms with van der Waals surface area (Å²) in [6.07, 6.45) is 0. The molecule has 2 rings (SSSR count). The van der Waals surface area contributed by atoms with E-state index in [-0.39, 0.29) is 0 Å². The topological polar surface area (TPSA) is 24.9 Å². The van der Waals surface area contributed by atoms with Gasteiger partial charge in [-0.3, -0.25) is 9.80 Å². The molecular formula is C15H23ClN2O2. The molecule has 0 spiro atoms. The number of alkyl halides is 1. The number of hydrogen-bond acceptors (Lipinski definition) is 4. The molecule has 0 aliphatic carbocycles. The van der Waals surface area contributed by atoms with Crippen LogP contribution < -0.4 is 9.47 Å². The maximum Gasteiger partial charge on any atom is 0.119 e. The molecule has 112 valence electrons. The van der Waals surface area contributed by atoms with Crippen molar-refractivity contribution in [2.45, 2.75) is 0 Å². The molecule has 1 saturated heterocycles. The fourth-order valence-electron chi connectivity index (χ4n) is 2.32. The number of halogens is 1. The maximum absolute atomic E-state index is 5.76. The number of rotatable bonds is 7. The second kappa shape index (κ2) is 8.35. The molecule has 0 unspecified atom stereocenters. The van der Waals surface area contributed by atoms with Crippen molar-refractivity contribution in [3.05, 3.63) is 24.3 Å². The molecule has 0 N–H and O–H groups in total. The molecule has 0 radical (unpaired) electrons. The summed E-state index contributed by atoms with van der Waals surface area (Å²) in [6, 6.07) is 7.72. The fourth-order valence-corrected chi connectivity index (χ4v) is 2.56. The lowest BCUT2D eigenvalue weighted by molar-refractivity contribution is 0.121. The monoisotopic (exact) mass is 298 g/mol. The van der Waals surface area contributed by atoms with Crippen molar-refractivity contribution < 1.29 is 9.47 Å². The van der Waals surface area contributed by atoms with Crippen LogP contribution in [0.4, 0.5) is 0 Å². The average Bonchev–Trinajstić information content (AvgIpc) is 2.50. The predicted octanol–water partition coefficient (Wildman–Crippen LogP) is 1.93. The van der Waals surface area contributed by atoms with Crippen molar-refractivity contribution in [3.8, 4) is 11.5 Å². The second-order valence-corrected chi connectivity index (χ2v) is 5.27. The average molecular weight is 299 g/mol. The van der Waals surface area contributed by atoms with Crippen molar-refractivity contribution >= 4 is 11.6 Å². The van der Waals surface area contributed by atoms with Crippen molar-refractivity contribution in [3.63, 3.8) is 0 Å². The summed E-state index contributed by atoms with van der Waals surface area (Å²) in [5.74, 6) is 2.47. The minimum absolute atomic E-state index is 0.723. The summed E-state index contributed by atoms with van der Waals surface area (Å²) in [4.78, 5) is 4.85. The van der Waals surface area contributed by atoms with Crippen LogP contribution in [0.1, 0.15) is 0 Å². The zero-order valence-corrected chi connectivity index (χ0v) is 12.8. The minimum Gasteiger partial charge on any atom is -0.497 e. The van der Waals surface area contributed by atoms with Crippen LogP contribution in [-0.2, 0) is 0 Å². The molecule has 1 aromatic carbocycles. The van der Waals surface area contributed by atoms with Gasteiger partial charge >= 0.3 is 0 Å². The van der Waals surface area contributed by atoms with Crippen LogP contribution in [0.15, 0.2) is 24.3 Å². The van der Waals surface area contributed by atoms with Crippen molar-refractivity contribution in [1.82, 2.24) is 9.80 Å². The smallest absolute Gasteiger partial charge is 0.119 e. The fraction of sp³-hybridized carbons (Fsp3) is 0.600. The van der Waals surface area contributed by atoms with E-state index < -0.39 is 0 Å². The van der Waals surface area contributed by atoms with Gasteiger partial charge in [-0.05, 0) is 24.3 Å². The third kappa shape index (κ3) is 4.85. The van der Waals surface area contributed by atoms with E-state index in [1.165, 1.54) is 0 Å². The van der Waals surface area contributed by atoms with Gasteiger partial charge in [-0.2, -0.15) is 0 Å². The van der Waals surface area contributed by atoms with E-state index in [4.69, 9.17) is 21.1 Å².